The van der Waals surface area contributed by atoms with E-state index in [1.807, 2.05) is 0 Å². The normalized spacial score (nSPS) is 10.4. The summed E-state index contributed by atoms with van der Waals surface area (Å²) in [4.78, 5) is 21.4. The molecule has 1 rings (SSSR count). The number of anilines is 1. The Morgan fingerprint density at radius 1 is 1.56 bits per heavy atom. The van der Waals surface area contributed by atoms with Gasteiger partial charge in [0, 0.05) is 18.8 Å². The number of aliphatic carboxylic acids is 1. The lowest BCUT2D eigenvalue weighted by molar-refractivity contribution is -0.139. The molecule has 0 aliphatic rings. The van der Waals surface area contributed by atoms with E-state index in [9.17, 15) is 9.59 Å². The Labute approximate surface area is 93.3 Å². The van der Waals surface area contributed by atoms with Crippen LogP contribution in [0.1, 0.15) is 20.3 Å². The van der Waals surface area contributed by atoms with Crippen LogP contribution in [-0.2, 0) is 16.1 Å². The number of hydrogen-bond donors (Lipinski definition) is 2. The number of amides is 1. The van der Waals surface area contributed by atoms with Crippen LogP contribution in [0.5, 0.6) is 0 Å². The first-order valence-corrected chi connectivity index (χ1v) is 5.02. The first kappa shape index (κ1) is 12.2. The molecular weight excluding hydrogens is 210 g/mol. The smallest absolute Gasteiger partial charge is 0.312 e. The van der Waals surface area contributed by atoms with E-state index in [4.69, 9.17) is 5.11 Å². The van der Waals surface area contributed by atoms with Crippen molar-refractivity contribution in [1.82, 2.24) is 9.78 Å². The number of carboxylic acids is 1. The number of nitrogens with zero attached hydrogens (tertiary/aromatic N) is 2. The van der Waals surface area contributed by atoms with Gasteiger partial charge in [-0.3, -0.25) is 14.3 Å². The van der Waals surface area contributed by atoms with E-state index in [0.717, 1.165) is 6.54 Å². The van der Waals surface area contributed by atoms with Crippen molar-refractivity contribution in [3.63, 3.8) is 0 Å². The molecule has 1 amide bonds. The van der Waals surface area contributed by atoms with Crippen molar-refractivity contribution in [2.75, 3.05) is 5.32 Å². The Hall–Kier alpha value is -1.85. The number of carbonyl (C=O) groups excluding carboxylic acids is 1. The van der Waals surface area contributed by atoms with Gasteiger partial charge < -0.3 is 10.4 Å². The fraction of sp³-hybridized carbons (Fsp3) is 0.500. The second-order valence-corrected chi connectivity index (χ2v) is 3.94. The molecule has 0 atom stereocenters. The first-order valence-electron chi connectivity index (χ1n) is 5.02. The lowest BCUT2D eigenvalue weighted by atomic mass is 10.2. The molecule has 6 heteroatoms. The number of nitrogens with one attached hydrogen (secondary N) is 1. The highest BCUT2D eigenvalue weighted by Gasteiger charge is 2.09. The maximum atomic E-state index is 11.1. The van der Waals surface area contributed by atoms with Crippen LogP contribution in [0, 0.1) is 5.92 Å². The van der Waals surface area contributed by atoms with Gasteiger partial charge in [-0.1, -0.05) is 13.8 Å². The fourth-order valence-electron chi connectivity index (χ4n) is 1.23. The van der Waals surface area contributed by atoms with Gasteiger partial charge in [-0.15, -0.1) is 0 Å². The monoisotopic (exact) mass is 225 g/mol. The van der Waals surface area contributed by atoms with E-state index in [1.165, 1.54) is 0 Å². The van der Waals surface area contributed by atoms with Gasteiger partial charge in [0.2, 0.25) is 5.91 Å². The van der Waals surface area contributed by atoms with E-state index in [-0.39, 0.29) is 0 Å². The van der Waals surface area contributed by atoms with Gasteiger partial charge in [-0.25, -0.2) is 0 Å². The molecule has 0 aromatic carbocycles. The Morgan fingerprint density at radius 2 is 2.25 bits per heavy atom. The van der Waals surface area contributed by atoms with Gasteiger partial charge in [0.25, 0.3) is 0 Å². The third-order valence-corrected chi connectivity index (χ3v) is 1.77. The largest absolute Gasteiger partial charge is 0.481 e. The number of carboxylic acid groups (broad SMARTS) is 1. The number of aromatic nitrogens is 2. The second-order valence-electron chi connectivity index (χ2n) is 3.94. The molecule has 88 valence electrons. The molecule has 1 heterocycles. The van der Waals surface area contributed by atoms with Crippen molar-refractivity contribution >= 4 is 17.7 Å². The standard InChI is InChI=1S/C10H15N3O3/c1-7(2)6-13-4-3-8(12-13)11-9(14)5-10(15)16/h3-4,7H,5-6H2,1-2H3,(H,15,16)(H,11,12,14). The minimum Gasteiger partial charge on any atom is -0.481 e. The molecule has 1 aromatic heterocycles. The topological polar surface area (TPSA) is 84.2 Å². The van der Waals surface area contributed by atoms with Crippen molar-refractivity contribution < 1.29 is 14.7 Å². The number of rotatable bonds is 5. The summed E-state index contributed by atoms with van der Waals surface area (Å²) in [5.74, 6) is -0.879. The highest BCUT2D eigenvalue weighted by atomic mass is 16.4. The summed E-state index contributed by atoms with van der Waals surface area (Å²) in [5.41, 5.74) is 0. The number of hydrogen-bond acceptors (Lipinski definition) is 3. The molecule has 1 aromatic rings. The summed E-state index contributed by atoms with van der Waals surface area (Å²) >= 11 is 0. The lowest BCUT2D eigenvalue weighted by Crippen LogP contribution is -2.16. The Balaban J connectivity index is 2.51. The summed E-state index contributed by atoms with van der Waals surface area (Å²) in [6.45, 7) is 4.88. The van der Waals surface area contributed by atoms with Crippen molar-refractivity contribution in [3.8, 4) is 0 Å². The summed E-state index contributed by atoms with van der Waals surface area (Å²) in [6.07, 6.45) is 1.20. The van der Waals surface area contributed by atoms with Crippen molar-refractivity contribution in [3.05, 3.63) is 12.3 Å². The van der Waals surface area contributed by atoms with Crippen LogP contribution in [0.2, 0.25) is 0 Å². The average Bonchev–Trinajstić information content (AvgIpc) is 2.49. The molecule has 0 aliphatic heterocycles. The van der Waals surface area contributed by atoms with E-state index >= 15 is 0 Å². The molecule has 0 saturated heterocycles. The highest BCUT2D eigenvalue weighted by molar-refractivity contribution is 6.00. The third kappa shape index (κ3) is 4.12. The quantitative estimate of drug-likeness (QED) is 0.731. The number of carbonyl (C=O) groups is 2. The molecule has 2 N–H and O–H groups in total. The van der Waals surface area contributed by atoms with Crippen LogP contribution in [0.15, 0.2) is 12.3 Å². The molecule has 6 nitrogen and oxygen atoms in total. The Morgan fingerprint density at radius 3 is 2.81 bits per heavy atom. The molecule has 0 bridgehead atoms. The van der Waals surface area contributed by atoms with E-state index in [2.05, 4.69) is 24.3 Å². The average molecular weight is 225 g/mol. The minimum atomic E-state index is -1.15. The van der Waals surface area contributed by atoms with Gasteiger partial charge in [-0.05, 0) is 5.92 Å². The maximum absolute atomic E-state index is 11.1. The zero-order valence-electron chi connectivity index (χ0n) is 9.30. The second kappa shape index (κ2) is 5.29. The van der Waals surface area contributed by atoms with Crippen LogP contribution in [0.3, 0.4) is 0 Å². The van der Waals surface area contributed by atoms with E-state index < -0.39 is 18.3 Å². The van der Waals surface area contributed by atoms with E-state index in [1.54, 1.807) is 16.9 Å². The Kier molecular flexibility index (Phi) is 4.04. The zero-order valence-corrected chi connectivity index (χ0v) is 9.30. The summed E-state index contributed by atoms with van der Waals surface area (Å²) < 4.78 is 1.71. The van der Waals surface area contributed by atoms with Gasteiger partial charge >= 0.3 is 5.97 Å². The first-order chi connectivity index (χ1) is 7.47. The van der Waals surface area contributed by atoms with Crippen molar-refractivity contribution in [1.29, 1.82) is 0 Å². The Bertz CT molecular complexity index is 384. The van der Waals surface area contributed by atoms with Crippen molar-refractivity contribution in [2.24, 2.45) is 5.92 Å². The zero-order chi connectivity index (χ0) is 12.1. The molecule has 0 radical (unpaired) electrons. The summed E-state index contributed by atoms with van der Waals surface area (Å²) in [5, 5.41) is 14.9. The maximum Gasteiger partial charge on any atom is 0.312 e. The van der Waals surface area contributed by atoms with Gasteiger partial charge in [0.05, 0.1) is 0 Å². The third-order valence-electron chi connectivity index (χ3n) is 1.77. The molecule has 0 saturated carbocycles. The highest BCUT2D eigenvalue weighted by Crippen LogP contribution is 2.05. The summed E-state index contributed by atoms with van der Waals surface area (Å²) in [7, 11) is 0. The van der Waals surface area contributed by atoms with Gasteiger partial charge in [0.1, 0.15) is 6.42 Å². The molecular formula is C10H15N3O3. The van der Waals surface area contributed by atoms with Gasteiger partial charge in [-0.2, -0.15) is 5.10 Å². The predicted molar refractivity (Wildman–Crippen MR) is 57.9 cm³/mol. The fourth-order valence-corrected chi connectivity index (χ4v) is 1.23. The lowest BCUT2D eigenvalue weighted by Gasteiger charge is -2.04. The van der Waals surface area contributed by atoms with Crippen molar-refractivity contribution in [2.45, 2.75) is 26.8 Å². The molecule has 0 fully saturated rings. The molecule has 0 unspecified atom stereocenters. The molecule has 16 heavy (non-hydrogen) atoms. The summed E-state index contributed by atoms with van der Waals surface area (Å²) in [6, 6.07) is 1.64. The SMILES string of the molecule is CC(C)Cn1ccc(NC(=O)CC(=O)O)n1. The van der Waals surface area contributed by atoms with Crippen LogP contribution in [-0.4, -0.2) is 26.8 Å². The van der Waals surface area contributed by atoms with Crippen LogP contribution in [0.25, 0.3) is 0 Å². The van der Waals surface area contributed by atoms with Gasteiger partial charge in [0.15, 0.2) is 5.82 Å². The molecule has 0 aliphatic carbocycles. The van der Waals surface area contributed by atoms with Crippen LogP contribution >= 0.6 is 0 Å². The van der Waals surface area contributed by atoms with Crippen LogP contribution in [0.4, 0.5) is 5.82 Å². The minimum absolute atomic E-state index is 0.381. The predicted octanol–water partition coefficient (Wildman–Crippen LogP) is 0.952. The van der Waals surface area contributed by atoms with Crippen LogP contribution < -0.4 is 5.32 Å². The molecule has 0 spiro atoms. The van der Waals surface area contributed by atoms with E-state index in [0.29, 0.717) is 11.7 Å².